The van der Waals surface area contributed by atoms with E-state index in [2.05, 4.69) is 0 Å². The highest BCUT2D eigenvalue weighted by Gasteiger charge is 2.16. The van der Waals surface area contributed by atoms with Gasteiger partial charge in [-0.3, -0.25) is 0 Å². The van der Waals surface area contributed by atoms with Gasteiger partial charge in [-0.15, -0.1) is 12.4 Å². The summed E-state index contributed by atoms with van der Waals surface area (Å²) in [6, 6.07) is 1.01. The van der Waals surface area contributed by atoms with Crippen molar-refractivity contribution < 1.29 is 13.9 Å². The van der Waals surface area contributed by atoms with Gasteiger partial charge < -0.3 is 10.8 Å². The Bertz CT molecular complexity index is 310. The molecule has 0 saturated carbocycles. The van der Waals surface area contributed by atoms with E-state index in [4.69, 9.17) is 5.73 Å². The van der Waals surface area contributed by atoms with Crippen LogP contribution in [-0.4, -0.2) is 5.11 Å². The summed E-state index contributed by atoms with van der Waals surface area (Å²) >= 11 is 0. The fourth-order valence-corrected chi connectivity index (χ4v) is 1.39. The number of phenols is 1. The highest BCUT2D eigenvalue weighted by atomic mass is 35.5. The van der Waals surface area contributed by atoms with Gasteiger partial charge in [-0.05, 0) is 6.42 Å². The topological polar surface area (TPSA) is 46.2 Å². The molecule has 1 aromatic rings. The molecule has 0 amide bonds. The lowest BCUT2D eigenvalue weighted by molar-refractivity contribution is 0.436. The van der Waals surface area contributed by atoms with Crippen LogP contribution in [0.15, 0.2) is 12.1 Å². The highest BCUT2D eigenvalue weighted by molar-refractivity contribution is 5.85. The molecule has 0 bridgehead atoms. The van der Waals surface area contributed by atoms with E-state index in [1.807, 2.05) is 6.92 Å². The molecule has 0 saturated heterocycles. The smallest absolute Gasteiger partial charge is 0.134 e. The largest absolute Gasteiger partial charge is 0.507 e. The lowest BCUT2D eigenvalue weighted by Gasteiger charge is -2.13. The van der Waals surface area contributed by atoms with Crippen molar-refractivity contribution in [2.24, 2.45) is 5.73 Å². The van der Waals surface area contributed by atoms with Gasteiger partial charge in [0.2, 0.25) is 0 Å². The van der Waals surface area contributed by atoms with Gasteiger partial charge in [0.1, 0.15) is 17.4 Å². The minimum Gasteiger partial charge on any atom is -0.507 e. The molecule has 0 fully saturated rings. The van der Waals surface area contributed by atoms with Crippen molar-refractivity contribution in [3.8, 4) is 5.75 Å². The number of aromatic hydroxyl groups is 1. The average Bonchev–Trinajstić information content (AvgIpc) is 2.01. The second kappa shape index (κ2) is 5.88. The maximum absolute atomic E-state index is 13.2. The quantitative estimate of drug-likeness (QED) is 0.849. The van der Waals surface area contributed by atoms with E-state index in [0.717, 1.165) is 18.6 Å². The molecular weight excluding hydrogens is 224 g/mol. The molecule has 3 N–H and O–H groups in total. The molecule has 0 unspecified atom stereocenters. The fourth-order valence-electron chi connectivity index (χ4n) is 1.39. The molecule has 0 aliphatic rings. The van der Waals surface area contributed by atoms with Gasteiger partial charge in [-0.1, -0.05) is 13.3 Å². The Balaban J connectivity index is 0.00000196. The first-order valence-corrected chi connectivity index (χ1v) is 4.49. The molecule has 0 aliphatic heterocycles. The van der Waals surface area contributed by atoms with Crippen LogP contribution in [0.1, 0.15) is 31.4 Å². The van der Waals surface area contributed by atoms with E-state index < -0.39 is 23.4 Å². The molecule has 0 aromatic heterocycles. The minimum atomic E-state index is -0.799. The minimum absolute atomic E-state index is 0. The molecular formula is C10H14ClF2NO. The van der Waals surface area contributed by atoms with E-state index >= 15 is 0 Å². The molecule has 15 heavy (non-hydrogen) atoms. The SMILES string of the molecule is CCC[C@@H](N)c1c(O)cc(F)cc1F.Cl. The maximum Gasteiger partial charge on any atom is 0.134 e. The Hall–Kier alpha value is -0.870. The average molecular weight is 238 g/mol. The second-order valence-corrected chi connectivity index (χ2v) is 3.22. The number of hydrogen-bond acceptors (Lipinski definition) is 2. The van der Waals surface area contributed by atoms with Crippen molar-refractivity contribution in [3.05, 3.63) is 29.3 Å². The van der Waals surface area contributed by atoms with E-state index in [9.17, 15) is 13.9 Å². The van der Waals surface area contributed by atoms with E-state index in [1.54, 1.807) is 0 Å². The van der Waals surface area contributed by atoms with E-state index in [1.165, 1.54) is 0 Å². The summed E-state index contributed by atoms with van der Waals surface area (Å²) in [6.45, 7) is 1.90. The summed E-state index contributed by atoms with van der Waals surface area (Å²) in [7, 11) is 0. The third-order valence-corrected chi connectivity index (χ3v) is 2.04. The molecule has 0 radical (unpaired) electrons. The summed E-state index contributed by atoms with van der Waals surface area (Å²) in [6.07, 6.45) is 1.33. The van der Waals surface area contributed by atoms with Crippen molar-refractivity contribution in [2.75, 3.05) is 0 Å². The van der Waals surface area contributed by atoms with Crippen LogP contribution in [0.25, 0.3) is 0 Å². The van der Waals surface area contributed by atoms with E-state index in [0.29, 0.717) is 6.42 Å². The van der Waals surface area contributed by atoms with Gasteiger partial charge >= 0.3 is 0 Å². The molecule has 1 rings (SSSR count). The Labute approximate surface area is 93.5 Å². The number of halogens is 3. The lowest BCUT2D eigenvalue weighted by Crippen LogP contribution is -2.12. The Morgan fingerprint density at radius 1 is 1.40 bits per heavy atom. The van der Waals surface area contributed by atoms with Crippen LogP contribution in [0.5, 0.6) is 5.75 Å². The molecule has 0 spiro atoms. The normalized spacial score (nSPS) is 12.0. The maximum atomic E-state index is 13.2. The predicted molar refractivity (Wildman–Crippen MR) is 57.1 cm³/mol. The Kier molecular flexibility index (Phi) is 5.54. The van der Waals surface area contributed by atoms with Crippen LogP contribution in [-0.2, 0) is 0 Å². The molecule has 5 heteroatoms. The van der Waals surface area contributed by atoms with Crippen LogP contribution >= 0.6 is 12.4 Å². The van der Waals surface area contributed by atoms with Gasteiger partial charge in [-0.2, -0.15) is 0 Å². The van der Waals surface area contributed by atoms with Crippen molar-refractivity contribution >= 4 is 12.4 Å². The third kappa shape index (κ3) is 3.32. The van der Waals surface area contributed by atoms with Gasteiger partial charge in [-0.25, -0.2) is 8.78 Å². The van der Waals surface area contributed by atoms with Gasteiger partial charge in [0.05, 0.1) is 0 Å². The van der Waals surface area contributed by atoms with Gasteiger partial charge in [0, 0.05) is 23.7 Å². The van der Waals surface area contributed by atoms with Crippen molar-refractivity contribution in [2.45, 2.75) is 25.8 Å². The Morgan fingerprint density at radius 3 is 2.47 bits per heavy atom. The first kappa shape index (κ1) is 14.1. The first-order chi connectivity index (χ1) is 6.56. The van der Waals surface area contributed by atoms with Crippen LogP contribution in [0, 0.1) is 11.6 Å². The van der Waals surface area contributed by atoms with Crippen molar-refractivity contribution in [1.29, 1.82) is 0 Å². The van der Waals surface area contributed by atoms with Crippen LogP contribution in [0.4, 0.5) is 8.78 Å². The van der Waals surface area contributed by atoms with E-state index in [-0.39, 0.29) is 18.0 Å². The Morgan fingerprint density at radius 2 is 2.00 bits per heavy atom. The summed E-state index contributed by atoms with van der Waals surface area (Å²) in [5.74, 6) is -2.00. The molecule has 86 valence electrons. The number of phenolic OH excluding ortho intramolecular Hbond substituents is 1. The fraction of sp³-hybridized carbons (Fsp3) is 0.400. The van der Waals surface area contributed by atoms with Crippen LogP contribution in [0.3, 0.4) is 0 Å². The first-order valence-electron chi connectivity index (χ1n) is 4.49. The summed E-state index contributed by atoms with van der Waals surface area (Å²) in [5, 5.41) is 9.31. The third-order valence-electron chi connectivity index (χ3n) is 2.04. The number of nitrogens with two attached hydrogens (primary N) is 1. The zero-order valence-electron chi connectivity index (χ0n) is 8.34. The lowest BCUT2D eigenvalue weighted by atomic mass is 10.0. The molecule has 1 aromatic carbocycles. The predicted octanol–water partition coefficient (Wildman–Crippen LogP) is 2.89. The zero-order valence-corrected chi connectivity index (χ0v) is 9.15. The number of hydrogen-bond donors (Lipinski definition) is 2. The molecule has 0 aliphatic carbocycles. The van der Waals surface area contributed by atoms with Gasteiger partial charge in [0.15, 0.2) is 0 Å². The van der Waals surface area contributed by atoms with Crippen molar-refractivity contribution in [3.63, 3.8) is 0 Å². The second-order valence-electron chi connectivity index (χ2n) is 3.22. The number of benzene rings is 1. The summed E-state index contributed by atoms with van der Waals surface area (Å²) in [5.41, 5.74) is 5.63. The zero-order chi connectivity index (χ0) is 10.7. The molecule has 2 nitrogen and oxygen atoms in total. The standard InChI is InChI=1S/C10H13F2NO.ClH/c1-2-3-8(13)10-7(12)4-6(11)5-9(10)14;/h4-5,8,14H,2-3,13H2,1H3;1H/t8-;/m1./s1. The monoisotopic (exact) mass is 237 g/mol. The highest BCUT2D eigenvalue weighted by Crippen LogP contribution is 2.29. The summed E-state index contributed by atoms with van der Waals surface area (Å²) < 4.78 is 25.8. The molecule has 1 atom stereocenters. The number of rotatable bonds is 3. The van der Waals surface area contributed by atoms with Gasteiger partial charge in [0.25, 0.3) is 0 Å². The van der Waals surface area contributed by atoms with Crippen LogP contribution in [0.2, 0.25) is 0 Å². The van der Waals surface area contributed by atoms with Crippen molar-refractivity contribution in [1.82, 2.24) is 0 Å². The van der Waals surface area contributed by atoms with Crippen LogP contribution < -0.4 is 5.73 Å². The molecule has 0 heterocycles. The summed E-state index contributed by atoms with van der Waals surface area (Å²) in [4.78, 5) is 0.